The molecule has 1 amide bonds. The van der Waals surface area contributed by atoms with E-state index < -0.39 is 0 Å². The molecule has 7 heteroatoms. The van der Waals surface area contributed by atoms with Crippen LogP contribution in [0.25, 0.3) is 0 Å². The Bertz CT molecular complexity index is 685. The number of benzene rings is 1. The number of hydrogen-bond acceptors (Lipinski definition) is 3. The second kappa shape index (κ2) is 10.6. The Balaban J connectivity index is 0.00000240. The molecule has 3 fully saturated rings. The summed E-state index contributed by atoms with van der Waals surface area (Å²) in [5.74, 6) is 2.07. The molecule has 2 heterocycles. The summed E-state index contributed by atoms with van der Waals surface area (Å²) in [6.45, 7) is 7.48. The van der Waals surface area contributed by atoms with Gasteiger partial charge in [0.15, 0.2) is 5.96 Å². The van der Waals surface area contributed by atoms with Gasteiger partial charge in [-0.3, -0.25) is 9.79 Å². The summed E-state index contributed by atoms with van der Waals surface area (Å²) in [6, 6.07) is 11.2. The minimum absolute atomic E-state index is 0. The number of carbonyl (C=O) groups excluding carboxylic acids is 1. The van der Waals surface area contributed by atoms with Gasteiger partial charge in [-0.15, -0.1) is 24.0 Å². The number of hydrogen-bond donors (Lipinski definition) is 1. The molecule has 2 saturated heterocycles. The molecule has 0 spiro atoms. The van der Waals surface area contributed by atoms with Crippen molar-refractivity contribution in [1.82, 2.24) is 15.1 Å². The first-order valence-corrected chi connectivity index (χ1v) is 10.7. The van der Waals surface area contributed by atoms with Crippen LogP contribution in [0.4, 0.5) is 0 Å². The minimum atomic E-state index is 0. The van der Waals surface area contributed by atoms with Gasteiger partial charge in [0.2, 0.25) is 5.91 Å². The van der Waals surface area contributed by atoms with Crippen molar-refractivity contribution in [2.24, 2.45) is 10.9 Å². The van der Waals surface area contributed by atoms with Crippen molar-refractivity contribution < 1.29 is 9.53 Å². The topological polar surface area (TPSA) is 57.2 Å². The van der Waals surface area contributed by atoms with Crippen LogP contribution in [0.1, 0.15) is 37.7 Å². The van der Waals surface area contributed by atoms with Crippen LogP contribution in [0.15, 0.2) is 35.3 Å². The van der Waals surface area contributed by atoms with Crippen LogP contribution in [0.3, 0.4) is 0 Å². The zero-order chi connectivity index (χ0) is 19.3. The maximum atomic E-state index is 12.7. The van der Waals surface area contributed by atoms with E-state index in [0.29, 0.717) is 31.1 Å². The van der Waals surface area contributed by atoms with Crippen molar-refractivity contribution in [1.29, 1.82) is 0 Å². The number of halogens is 1. The van der Waals surface area contributed by atoms with E-state index in [9.17, 15) is 4.79 Å². The molecule has 6 nitrogen and oxygen atoms in total. The second-order valence-electron chi connectivity index (χ2n) is 8.00. The van der Waals surface area contributed by atoms with Gasteiger partial charge in [0, 0.05) is 50.6 Å². The van der Waals surface area contributed by atoms with Gasteiger partial charge in [-0.2, -0.15) is 0 Å². The lowest BCUT2D eigenvalue weighted by atomic mass is 9.95. The van der Waals surface area contributed by atoms with Gasteiger partial charge in [0.05, 0.1) is 13.2 Å². The van der Waals surface area contributed by atoms with Crippen molar-refractivity contribution >= 4 is 35.8 Å². The number of likely N-dealkylation sites (tertiary alicyclic amines) is 1. The lowest BCUT2D eigenvalue weighted by molar-refractivity contribution is -0.140. The first kappa shape index (κ1) is 22.3. The number of carbonyl (C=O) groups is 1. The van der Waals surface area contributed by atoms with Crippen molar-refractivity contribution in [2.75, 3.05) is 45.9 Å². The molecular formula is C22H33IN4O2. The monoisotopic (exact) mass is 512 g/mol. The summed E-state index contributed by atoms with van der Waals surface area (Å²) in [7, 11) is 0. The normalized spacial score (nSPS) is 25.3. The lowest BCUT2D eigenvalue weighted by Crippen LogP contribution is -2.50. The molecule has 29 heavy (non-hydrogen) atoms. The van der Waals surface area contributed by atoms with Gasteiger partial charge < -0.3 is 19.9 Å². The number of morpholine rings is 1. The van der Waals surface area contributed by atoms with Crippen LogP contribution < -0.4 is 5.32 Å². The minimum Gasteiger partial charge on any atom is -0.378 e. The number of nitrogens with one attached hydrogen (secondary N) is 1. The van der Waals surface area contributed by atoms with Gasteiger partial charge in [-0.25, -0.2) is 0 Å². The van der Waals surface area contributed by atoms with Crippen LogP contribution >= 0.6 is 24.0 Å². The van der Waals surface area contributed by atoms with E-state index in [2.05, 4.69) is 47.5 Å². The summed E-state index contributed by atoms with van der Waals surface area (Å²) in [4.78, 5) is 21.8. The van der Waals surface area contributed by atoms with Crippen LogP contribution in [0.2, 0.25) is 0 Å². The van der Waals surface area contributed by atoms with Crippen molar-refractivity contribution in [3.63, 3.8) is 0 Å². The number of aliphatic imine (C=N–C) groups is 1. The Labute approximate surface area is 191 Å². The first-order chi connectivity index (χ1) is 13.8. The second-order valence-corrected chi connectivity index (χ2v) is 8.00. The van der Waals surface area contributed by atoms with E-state index in [1.807, 2.05) is 4.90 Å². The maximum Gasteiger partial charge on any atom is 0.225 e. The largest absolute Gasteiger partial charge is 0.378 e. The predicted octanol–water partition coefficient (Wildman–Crippen LogP) is 2.70. The van der Waals surface area contributed by atoms with E-state index in [0.717, 1.165) is 51.5 Å². The molecule has 2 atom stereocenters. The molecule has 3 aliphatic rings. The van der Waals surface area contributed by atoms with Gasteiger partial charge in [-0.1, -0.05) is 30.3 Å². The Kier molecular flexibility index (Phi) is 8.17. The number of nitrogens with zero attached hydrogens (tertiary/aromatic N) is 3. The smallest absolute Gasteiger partial charge is 0.225 e. The maximum absolute atomic E-state index is 12.7. The van der Waals surface area contributed by atoms with Gasteiger partial charge in [0.1, 0.15) is 0 Å². The average molecular weight is 512 g/mol. The Hall–Kier alpha value is -1.35. The van der Waals surface area contributed by atoms with Crippen LogP contribution in [0, 0.1) is 5.92 Å². The Morgan fingerprint density at radius 2 is 1.79 bits per heavy atom. The number of amides is 1. The first-order valence-electron chi connectivity index (χ1n) is 10.7. The Morgan fingerprint density at radius 3 is 2.45 bits per heavy atom. The fraction of sp³-hybridized carbons (Fsp3) is 0.636. The predicted molar refractivity (Wildman–Crippen MR) is 126 cm³/mol. The van der Waals surface area contributed by atoms with E-state index in [4.69, 9.17) is 9.73 Å². The van der Waals surface area contributed by atoms with E-state index in [1.54, 1.807) is 0 Å². The summed E-state index contributed by atoms with van der Waals surface area (Å²) in [6.07, 6.45) is 2.99. The van der Waals surface area contributed by atoms with Gasteiger partial charge >= 0.3 is 0 Å². The van der Waals surface area contributed by atoms with E-state index in [1.165, 1.54) is 12.0 Å². The summed E-state index contributed by atoms with van der Waals surface area (Å²) < 4.78 is 5.37. The highest BCUT2D eigenvalue weighted by molar-refractivity contribution is 14.0. The molecule has 1 saturated carbocycles. The molecule has 0 aromatic heterocycles. The molecule has 160 valence electrons. The number of guanidine groups is 1. The molecule has 2 unspecified atom stereocenters. The van der Waals surface area contributed by atoms with Gasteiger partial charge in [0.25, 0.3) is 0 Å². The molecular weight excluding hydrogens is 479 g/mol. The van der Waals surface area contributed by atoms with Gasteiger partial charge in [-0.05, 0) is 31.7 Å². The highest BCUT2D eigenvalue weighted by Gasteiger charge is 2.40. The number of rotatable bonds is 4. The standard InChI is InChI=1S/C22H32N4O2.HI/c1-2-23-22(24-20-16-19(20)17-6-4-3-5-7-17)26-10-8-18(9-11-26)21(27)25-12-14-28-15-13-25;/h3-7,18-20H,2,8-16H2,1H3,(H,23,24);1H. The van der Waals surface area contributed by atoms with Crippen molar-refractivity contribution in [2.45, 2.75) is 38.1 Å². The number of piperidine rings is 1. The molecule has 1 aromatic carbocycles. The Morgan fingerprint density at radius 1 is 1.10 bits per heavy atom. The fourth-order valence-electron chi connectivity index (χ4n) is 4.36. The highest BCUT2D eigenvalue weighted by atomic mass is 127. The lowest BCUT2D eigenvalue weighted by Gasteiger charge is -2.37. The summed E-state index contributed by atoms with van der Waals surface area (Å²) >= 11 is 0. The molecule has 1 N–H and O–H groups in total. The molecule has 4 rings (SSSR count). The van der Waals surface area contributed by atoms with Crippen molar-refractivity contribution in [3.05, 3.63) is 35.9 Å². The van der Waals surface area contributed by atoms with Crippen molar-refractivity contribution in [3.8, 4) is 0 Å². The zero-order valence-corrected chi connectivity index (χ0v) is 19.6. The highest BCUT2D eigenvalue weighted by Crippen LogP contribution is 2.40. The van der Waals surface area contributed by atoms with E-state index in [-0.39, 0.29) is 29.9 Å². The third-order valence-electron chi connectivity index (χ3n) is 6.11. The molecule has 0 radical (unpaired) electrons. The van der Waals surface area contributed by atoms with Crippen LogP contribution in [0.5, 0.6) is 0 Å². The molecule has 0 bridgehead atoms. The molecule has 1 aliphatic carbocycles. The molecule has 1 aromatic rings. The van der Waals surface area contributed by atoms with Crippen LogP contribution in [-0.4, -0.2) is 73.6 Å². The third kappa shape index (κ3) is 5.63. The van der Waals surface area contributed by atoms with Crippen LogP contribution in [-0.2, 0) is 9.53 Å². The quantitative estimate of drug-likeness (QED) is 0.383. The summed E-state index contributed by atoms with van der Waals surface area (Å²) in [5, 5.41) is 3.68. The third-order valence-corrected chi connectivity index (χ3v) is 6.11. The zero-order valence-electron chi connectivity index (χ0n) is 17.3. The van der Waals surface area contributed by atoms with E-state index >= 15 is 0 Å². The number of ether oxygens (including phenoxy) is 1. The fourth-order valence-corrected chi connectivity index (χ4v) is 4.36. The summed E-state index contributed by atoms with van der Waals surface area (Å²) in [5.41, 5.74) is 1.41. The average Bonchev–Trinajstić information content (AvgIpc) is 3.54. The SMILES string of the molecule is CCN=C(NC1CC1c1ccccc1)N1CCC(C(=O)N2CCOCC2)CC1.I. The molecule has 2 aliphatic heterocycles.